The Labute approximate surface area is 85.0 Å². The molecule has 0 radical (unpaired) electrons. The van der Waals surface area contributed by atoms with Gasteiger partial charge in [-0.1, -0.05) is 19.3 Å². The van der Waals surface area contributed by atoms with E-state index in [0.717, 1.165) is 11.5 Å². The van der Waals surface area contributed by atoms with Crippen molar-refractivity contribution in [2.45, 2.75) is 45.1 Å². The molecule has 0 unspecified atom stereocenters. The Balaban J connectivity index is 1.99. The van der Waals surface area contributed by atoms with Gasteiger partial charge in [-0.05, 0) is 19.8 Å². The normalized spacial score (nSPS) is 18.1. The molecule has 14 heavy (non-hydrogen) atoms. The van der Waals surface area contributed by atoms with Crippen molar-refractivity contribution in [2.75, 3.05) is 5.32 Å². The molecule has 1 aromatic heterocycles. The number of anilines is 1. The van der Waals surface area contributed by atoms with Crippen molar-refractivity contribution in [1.29, 1.82) is 0 Å². The highest BCUT2D eigenvalue weighted by Crippen LogP contribution is 2.21. The minimum absolute atomic E-state index is 0.610. The average molecular weight is 191 g/mol. The summed E-state index contributed by atoms with van der Waals surface area (Å²) < 4.78 is 0. The van der Waals surface area contributed by atoms with E-state index < -0.39 is 0 Å². The van der Waals surface area contributed by atoms with Gasteiger partial charge >= 0.3 is 0 Å². The molecule has 2 rings (SSSR count). The Morgan fingerprint density at radius 3 is 2.57 bits per heavy atom. The Morgan fingerprint density at radius 1 is 1.14 bits per heavy atom. The zero-order valence-electron chi connectivity index (χ0n) is 8.66. The van der Waals surface area contributed by atoms with E-state index in [1.165, 1.54) is 32.1 Å². The maximum absolute atomic E-state index is 4.30. The largest absolute Gasteiger partial charge is 0.366 e. The van der Waals surface area contributed by atoms with Crippen LogP contribution in [0.5, 0.6) is 0 Å². The molecule has 1 aromatic rings. The van der Waals surface area contributed by atoms with Crippen LogP contribution in [0.25, 0.3) is 0 Å². The fraction of sp³-hybridized carbons (Fsp3) is 0.636. The van der Waals surface area contributed by atoms with Gasteiger partial charge in [-0.2, -0.15) is 0 Å². The van der Waals surface area contributed by atoms with Crippen LogP contribution in [0.2, 0.25) is 0 Å². The van der Waals surface area contributed by atoms with Gasteiger partial charge in [0.05, 0.1) is 5.69 Å². The van der Waals surface area contributed by atoms with Crippen LogP contribution in [0.15, 0.2) is 12.4 Å². The van der Waals surface area contributed by atoms with E-state index in [-0.39, 0.29) is 0 Å². The number of nitrogens with one attached hydrogen (secondary N) is 1. The minimum Gasteiger partial charge on any atom is -0.366 e. The minimum atomic E-state index is 0.610. The van der Waals surface area contributed by atoms with Crippen LogP contribution in [0.1, 0.15) is 37.8 Å². The van der Waals surface area contributed by atoms with E-state index in [0.29, 0.717) is 6.04 Å². The van der Waals surface area contributed by atoms with Crippen molar-refractivity contribution in [1.82, 2.24) is 9.97 Å². The molecule has 0 bridgehead atoms. The molecule has 3 nitrogen and oxygen atoms in total. The summed E-state index contributed by atoms with van der Waals surface area (Å²) in [5.74, 6) is 0.958. The molecule has 0 spiro atoms. The van der Waals surface area contributed by atoms with Crippen LogP contribution in [0.4, 0.5) is 5.82 Å². The van der Waals surface area contributed by atoms with E-state index >= 15 is 0 Å². The summed E-state index contributed by atoms with van der Waals surface area (Å²) in [7, 11) is 0. The lowest BCUT2D eigenvalue weighted by Gasteiger charge is -2.23. The molecule has 1 aliphatic rings. The fourth-order valence-electron chi connectivity index (χ4n) is 1.99. The van der Waals surface area contributed by atoms with Gasteiger partial charge in [0.2, 0.25) is 0 Å². The third kappa shape index (κ3) is 2.22. The summed E-state index contributed by atoms with van der Waals surface area (Å²) in [4.78, 5) is 8.52. The molecular weight excluding hydrogens is 174 g/mol. The maximum Gasteiger partial charge on any atom is 0.147 e. The summed E-state index contributed by atoms with van der Waals surface area (Å²) in [5, 5.41) is 3.48. The molecule has 76 valence electrons. The van der Waals surface area contributed by atoms with Crippen LogP contribution in [0, 0.1) is 6.92 Å². The van der Waals surface area contributed by atoms with E-state index in [1.54, 1.807) is 12.4 Å². The maximum atomic E-state index is 4.30. The van der Waals surface area contributed by atoms with Gasteiger partial charge < -0.3 is 5.32 Å². The predicted octanol–water partition coefficient (Wildman–Crippen LogP) is 2.53. The van der Waals surface area contributed by atoms with Gasteiger partial charge in [0, 0.05) is 18.4 Å². The van der Waals surface area contributed by atoms with Crippen LogP contribution < -0.4 is 5.32 Å². The van der Waals surface area contributed by atoms with Gasteiger partial charge in [-0.15, -0.1) is 0 Å². The highest BCUT2D eigenvalue weighted by Gasteiger charge is 2.14. The number of nitrogens with zero attached hydrogens (tertiary/aromatic N) is 2. The predicted molar refractivity (Wildman–Crippen MR) is 57.3 cm³/mol. The second-order valence-electron chi connectivity index (χ2n) is 3.97. The number of aromatic nitrogens is 2. The zero-order valence-corrected chi connectivity index (χ0v) is 8.66. The first-order valence-corrected chi connectivity index (χ1v) is 5.40. The fourth-order valence-corrected chi connectivity index (χ4v) is 1.99. The van der Waals surface area contributed by atoms with Crippen LogP contribution in [-0.4, -0.2) is 16.0 Å². The van der Waals surface area contributed by atoms with Gasteiger partial charge in [-0.3, -0.25) is 4.98 Å². The molecule has 1 fully saturated rings. The Hall–Kier alpha value is -1.12. The van der Waals surface area contributed by atoms with Crippen LogP contribution in [-0.2, 0) is 0 Å². The third-order valence-electron chi connectivity index (χ3n) is 2.83. The molecule has 0 saturated heterocycles. The Kier molecular flexibility index (Phi) is 2.96. The number of aryl methyl sites for hydroxylation is 1. The third-order valence-corrected chi connectivity index (χ3v) is 2.83. The van der Waals surface area contributed by atoms with Crippen molar-refractivity contribution in [3.63, 3.8) is 0 Å². The monoisotopic (exact) mass is 191 g/mol. The molecule has 1 heterocycles. The van der Waals surface area contributed by atoms with Crippen molar-refractivity contribution in [2.24, 2.45) is 0 Å². The van der Waals surface area contributed by atoms with E-state index in [2.05, 4.69) is 15.3 Å². The first-order valence-electron chi connectivity index (χ1n) is 5.40. The van der Waals surface area contributed by atoms with Crippen molar-refractivity contribution < 1.29 is 0 Å². The lowest BCUT2D eigenvalue weighted by molar-refractivity contribution is 0.461. The van der Waals surface area contributed by atoms with E-state index in [1.807, 2.05) is 6.92 Å². The molecule has 1 N–H and O–H groups in total. The smallest absolute Gasteiger partial charge is 0.147 e. The number of rotatable bonds is 2. The van der Waals surface area contributed by atoms with E-state index in [4.69, 9.17) is 0 Å². The second kappa shape index (κ2) is 4.40. The molecule has 0 aromatic carbocycles. The summed E-state index contributed by atoms with van der Waals surface area (Å²) in [6.45, 7) is 2.00. The van der Waals surface area contributed by atoms with Gasteiger partial charge in [0.25, 0.3) is 0 Å². The topological polar surface area (TPSA) is 37.8 Å². The highest BCUT2D eigenvalue weighted by molar-refractivity contribution is 5.39. The number of hydrogen-bond acceptors (Lipinski definition) is 3. The zero-order chi connectivity index (χ0) is 9.80. The first-order chi connectivity index (χ1) is 6.86. The van der Waals surface area contributed by atoms with Gasteiger partial charge in [0.1, 0.15) is 5.82 Å². The summed E-state index contributed by atoms with van der Waals surface area (Å²) in [6, 6.07) is 0.610. The van der Waals surface area contributed by atoms with Gasteiger partial charge in [0.15, 0.2) is 0 Å². The van der Waals surface area contributed by atoms with Crippen LogP contribution in [0.3, 0.4) is 0 Å². The molecule has 1 aliphatic carbocycles. The second-order valence-corrected chi connectivity index (χ2v) is 3.97. The standard InChI is InChI=1S/C11H17N3/c1-9-11(13-8-7-12-9)14-10-5-3-2-4-6-10/h7-8,10H,2-6H2,1H3,(H,13,14). The average Bonchev–Trinajstić information content (AvgIpc) is 2.23. The molecule has 0 aliphatic heterocycles. The molecule has 3 heteroatoms. The quantitative estimate of drug-likeness (QED) is 0.780. The Morgan fingerprint density at radius 2 is 1.86 bits per heavy atom. The number of hydrogen-bond donors (Lipinski definition) is 1. The van der Waals surface area contributed by atoms with Crippen LogP contribution >= 0.6 is 0 Å². The summed E-state index contributed by atoms with van der Waals surface area (Å²) in [6.07, 6.45) is 10.1. The molecule has 0 atom stereocenters. The molecular formula is C11H17N3. The highest BCUT2D eigenvalue weighted by atomic mass is 15.0. The first kappa shape index (κ1) is 9.44. The Bertz CT molecular complexity index is 292. The molecule has 0 amide bonds. The molecule has 1 saturated carbocycles. The summed E-state index contributed by atoms with van der Waals surface area (Å²) in [5.41, 5.74) is 0.998. The summed E-state index contributed by atoms with van der Waals surface area (Å²) >= 11 is 0. The van der Waals surface area contributed by atoms with Gasteiger partial charge in [-0.25, -0.2) is 4.98 Å². The van der Waals surface area contributed by atoms with E-state index in [9.17, 15) is 0 Å². The van der Waals surface area contributed by atoms with Crippen molar-refractivity contribution >= 4 is 5.82 Å². The SMILES string of the molecule is Cc1nccnc1NC1CCCCC1. The lowest BCUT2D eigenvalue weighted by Crippen LogP contribution is -2.23. The van der Waals surface area contributed by atoms with Crippen molar-refractivity contribution in [3.8, 4) is 0 Å². The lowest BCUT2D eigenvalue weighted by atomic mass is 9.95. The van der Waals surface area contributed by atoms with Crippen molar-refractivity contribution in [3.05, 3.63) is 18.1 Å².